The third kappa shape index (κ3) is 3.07. The third-order valence-corrected chi connectivity index (χ3v) is 5.34. The highest BCUT2D eigenvalue weighted by Gasteiger charge is 2.15. The third-order valence-electron chi connectivity index (χ3n) is 4.26. The summed E-state index contributed by atoms with van der Waals surface area (Å²) in [7, 11) is 1.64. The van der Waals surface area contributed by atoms with Crippen LogP contribution in [0.1, 0.15) is 0 Å². The molecular formula is C21H18N2O2S. The Morgan fingerprint density at radius 1 is 1.00 bits per heavy atom. The van der Waals surface area contributed by atoms with E-state index in [1.165, 1.54) is 0 Å². The van der Waals surface area contributed by atoms with Gasteiger partial charge in [0.05, 0.1) is 18.5 Å². The quantitative estimate of drug-likeness (QED) is 0.527. The van der Waals surface area contributed by atoms with E-state index >= 15 is 0 Å². The van der Waals surface area contributed by atoms with Crippen molar-refractivity contribution in [2.75, 3.05) is 13.7 Å². The minimum atomic E-state index is -0.0238. The van der Waals surface area contributed by atoms with Crippen molar-refractivity contribution in [3.05, 3.63) is 77.1 Å². The molecule has 0 N–H and O–H groups in total. The molecule has 0 spiro atoms. The molecule has 2 aromatic carbocycles. The summed E-state index contributed by atoms with van der Waals surface area (Å²) in [6.45, 7) is 0.932. The predicted molar refractivity (Wildman–Crippen MR) is 107 cm³/mol. The molecule has 0 bridgehead atoms. The normalized spacial score (nSPS) is 11.1. The minimum absolute atomic E-state index is 0.0238. The number of methoxy groups -OCH3 is 1. The van der Waals surface area contributed by atoms with Crippen LogP contribution in [0.3, 0.4) is 0 Å². The molecule has 2 aromatic heterocycles. The maximum absolute atomic E-state index is 13.1. The zero-order valence-electron chi connectivity index (χ0n) is 14.4. The van der Waals surface area contributed by atoms with E-state index in [9.17, 15) is 4.79 Å². The molecule has 0 saturated heterocycles. The molecule has 2 heterocycles. The zero-order chi connectivity index (χ0) is 17.9. The number of ether oxygens (including phenoxy) is 1. The molecule has 0 unspecified atom stereocenters. The van der Waals surface area contributed by atoms with Crippen molar-refractivity contribution in [3.8, 4) is 21.8 Å². The maximum Gasteiger partial charge on any atom is 0.262 e. The standard InChI is InChI=1S/C21H18N2O2S/c1-25-13-12-23-19(16-10-6-3-7-11-16)22-20-17(21(23)24)14-18(26-20)15-8-4-2-5-9-15/h2-11,14H,12-13H2,1H3. The predicted octanol–water partition coefficient (Wildman–Crippen LogP) is 4.44. The summed E-state index contributed by atoms with van der Waals surface area (Å²) >= 11 is 1.55. The molecule has 4 rings (SSSR count). The summed E-state index contributed by atoms with van der Waals surface area (Å²) in [5.41, 5.74) is 2.00. The van der Waals surface area contributed by atoms with Gasteiger partial charge in [-0.1, -0.05) is 60.7 Å². The van der Waals surface area contributed by atoms with Crippen LogP contribution in [0.2, 0.25) is 0 Å². The van der Waals surface area contributed by atoms with Gasteiger partial charge in [-0.2, -0.15) is 0 Å². The van der Waals surface area contributed by atoms with Crippen LogP contribution >= 0.6 is 11.3 Å². The van der Waals surface area contributed by atoms with Crippen molar-refractivity contribution < 1.29 is 4.74 Å². The lowest BCUT2D eigenvalue weighted by Gasteiger charge is -2.11. The van der Waals surface area contributed by atoms with Gasteiger partial charge in [0.2, 0.25) is 0 Å². The molecule has 0 radical (unpaired) electrons. The number of hydrogen-bond acceptors (Lipinski definition) is 4. The first kappa shape index (κ1) is 16.7. The molecule has 0 aliphatic rings. The van der Waals surface area contributed by atoms with E-state index < -0.39 is 0 Å². The first-order valence-corrected chi connectivity index (χ1v) is 9.24. The Bertz CT molecular complexity index is 1090. The van der Waals surface area contributed by atoms with Crippen molar-refractivity contribution in [3.63, 3.8) is 0 Å². The van der Waals surface area contributed by atoms with Crippen molar-refractivity contribution in [1.82, 2.24) is 9.55 Å². The Morgan fingerprint density at radius 3 is 2.31 bits per heavy atom. The monoisotopic (exact) mass is 362 g/mol. The molecule has 0 aliphatic heterocycles. The van der Waals surface area contributed by atoms with Crippen LogP contribution in [0.25, 0.3) is 32.0 Å². The minimum Gasteiger partial charge on any atom is -0.383 e. The topological polar surface area (TPSA) is 44.1 Å². The van der Waals surface area contributed by atoms with E-state index in [1.807, 2.05) is 66.7 Å². The number of fused-ring (bicyclic) bond motifs is 1. The summed E-state index contributed by atoms with van der Waals surface area (Å²) in [5.74, 6) is 0.682. The van der Waals surface area contributed by atoms with Gasteiger partial charge < -0.3 is 4.74 Å². The SMILES string of the molecule is COCCn1c(-c2ccccc2)nc2sc(-c3ccccc3)cc2c1=O. The van der Waals surface area contributed by atoms with E-state index in [2.05, 4.69) is 0 Å². The summed E-state index contributed by atoms with van der Waals surface area (Å²) in [6.07, 6.45) is 0. The van der Waals surface area contributed by atoms with E-state index in [0.717, 1.165) is 20.8 Å². The Labute approximate surface area is 155 Å². The van der Waals surface area contributed by atoms with Crippen LogP contribution in [0.15, 0.2) is 71.5 Å². The van der Waals surface area contributed by atoms with Crippen LogP contribution < -0.4 is 5.56 Å². The first-order valence-electron chi connectivity index (χ1n) is 8.42. The molecule has 0 amide bonds. The number of thiophene rings is 1. The number of nitrogens with zero attached hydrogens (tertiary/aromatic N) is 2. The number of aromatic nitrogens is 2. The lowest BCUT2D eigenvalue weighted by molar-refractivity contribution is 0.186. The average Bonchev–Trinajstić information content (AvgIpc) is 3.13. The number of rotatable bonds is 5. The van der Waals surface area contributed by atoms with Gasteiger partial charge >= 0.3 is 0 Å². The van der Waals surface area contributed by atoms with Gasteiger partial charge in [0, 0.05) is 17.6 Å². The fourth-order valence-electron chi connectivity index (χ4n) is 2.96. The number of hydrogen-bond donors (Lipinski definition) is 0. The lowest BCUT2D eigenvalue weighted by Crippen LogP contribution is -2.24. The second kappa shape index (κ2) is 7.23. The van der Waals surface area contributed by atoms with Crippen LogP contribution in [0.4, 0.5) is 0 Å². The van der Waals surface area contributed by atoms with Crippen molar-refractivity contribution >= 4 is 21.6 Å². The number of benzene rings is 2. The van der Waals surface area contributed by atoms with Gasteiger partial charge in [-0.25, -0.2) is 4.98 Å². The van der Waals surface area contributed by atoms with Crippen LogP contribution in [-0.4, -0.2) is 23.3 Å². The Morgan fingerprint density at radius 2 is 1.65 bits per heavy atom. The molecule has 130 valence electrons. The molecule has 0 saturated carbocycles. The largest absolute Gasteiger partial charge is 0.383 e. The van der Waals surface area contributed by atoms with Gasteiger partial charge in [-0.3, -0.25) is 9.36 Å². The van der Waals surface area contributed by atoms with Gasteiger partial charge in [-0.15, -0.1) is 11.3 Å². The maximum atomic E-state index is 13.1. The lowest BCUT2D eigenvalue weighted by atomic mass is 10.2. The molecule has 4 nitrogen and oxygen atoms in total. The van der Waals surface area contributed by atoms with E-state index in [-0.39, 0.29) is 5.56 Å². The van der Waals surface area contributed by atoms with Crippen LogP contribution in [-0.2, 0) is 11.3 Å². The summed E-state index contributed by atoms with van der Waals surface area (Å²) in [4.78, 5) is 19.8. The molecule has 0 aliphatic carbocycles. The molecular weight excluding hydrogens is 344 g/mol. The van der Waals surface area contributed by atoms with Crippen molar-refractivity contribution in [2.45, 2.75) is 6.54 Å². The van der Waals surface area contributed by atoms with Gasteiger partial charge in [0.1, 0.15) is 10.7 Å². The van der Waals surface area contributed by atoms with Gasteiger partial charge in [0.15, 0.2) is 0 Å². The van der Waals surface area contributed by atoms with Crippen LogP contribution in [0.5, 0.6) is 0 Å². The highest BCUT2D eigenvalue weighted by Crippen LogP contribution is 2.32. The van der Waals surface area contributed by atoms with Gasteiger partial charge in [-0.05, 0) is 11.6 Å². The highest BCUT2D eigenvalue weighted by atomic mass is 32.1. The second-order valence-corrected chi connectivity index (χ2v) is 6.98. The summed E-state index contributed by atoms with van der Waals surface area (Å²) < 4.78 is 6.90. The van der Waals surface area contributed by atoms with Crippen LogP contribution in [0, 0.1) is 0 Å². The smallest absolute Gasteiger partial charge is 0.262 e. The molecule has 0 fully saturated rings. The van der Waals surface area contributed by atoms with Gasteiger partial charge in [0.25, 0.3) is 5.56 Å². The van der Waals surface area contributed by atoms with E-state index in [1.54, 1.807) is 23.0 Å². The Hall–Kier alpha value is -2.76. The van der Waals surface area contributed by atoms with Crippen molar-refractivity contribution in [1.29, 1.82) is 0 Å². The van der Waals surface area contributed by atoms with E-state index in [4.69, 9.17) is 9.72 Å². The zero-order valence-corrected chi connectivity index (χ0v) is 15.2. The Balaban J connectivity index is 1.94. The second-order valence-electron chi connectivity index (χ2n) is 5.95. The summed E-state index contributed by atoms with van der Waals surface area (Å²) in [6, 6.07) is 21.8. The van der Waals surface area contributed by atoms with E-state index in [0.29, 0.717) is 24.4 Å². The molecule has 26 heavy (non-hydrogen) atoms. The molecule has 4 aromatic rings. The van der Waals surface area contributed by atoms with Crippen molar-refractivity contribution in [2.24, 2.45) is 0 Å². The molecule has 0 atom stereocenters. The first-order chi connectivity index (χ1) is 12.8. The average molecular weight is 362 g/mol. The fourth-order valence-corrected chi connectivity index (χ4v) is 3.99. The Kier molecular flexibility index (Phi) is 4.65. The fraction of sp³-hybridized carbons (Fsp3) is 0.143. The molecule has 5 heteroatoms. The summed E-state index contributed by atoms with van der Waals surface area (Å²) in [5, 5.41) is 0.657. The highest BCUT2D eigenvalue weighted by molar-refractivity contribution is 7.21.